The summed E-state index contributed by atoms with van der Waals surface area (Å²) < 4.78 is 5.65. The van der Waals surface area contributed by atoms with Gasteiger partial charge in [-0.1, -0.05) is 42.5 Å². The number of amides is 2. The average Bonchev–Trinajstić information content (AvgIpc) is 2.73. The maximum absolute atomic E-state index is 12.3. The SMILES string of the molecule is Cc1cccc(OCCCNC(=O)CCNC(=O)c2ccc3ccccc3c2)c1. The number of carbonyl (C=O) groups excluding carboxylic acids is 2. The lowest BCUT2D eigenvalue weighted by Crippen LogP contribution is -2.31. The van der Waals surface area contributed by atoms with E-state index in [1.807, 2.05) is 67.6 Å². The predicted molar refractivity (Wildman–Crippen MR) is 115 cm³/mol. The van der Waals surface area contributed by atoms with Crippen LogP contribution in [0.4, 0.5) is 0 Å². The minimum Gasteiger partial charge on any atom is -0.494 e. The molecule has 0 aliphatic rings. The van der Waals surface area contributed by atoms with Crippen molar-refractivity contribution in [2.24, 2.45) is 0 Å². The fraction of sp³-hybridized carbons (Fsp3) is 0.250. The number of hydrogen-bond donors (Lipinski definition) is 2. The van der Waals surface area contributed by atoms with E-state index in [2.05, 4.69) is 10.6 Å². The third-order valence-electron chi connectivity index (χ3n) is 4.55. The summed E-state index contributed by atoms with van der Waals surface area (Å²) in [6.45, 7) is 3.41. The van der Waals surface area contributed by atoms with Crippen LogP contribution in [0.2, 0.25) is 0 Å². The number of fused-ring (bicyclic) bond motifs is 1. The molecule has 0 bridgehead atoms. The number of ether oxygens (including phenoxy) is 1. The Labute approximate surface area is 171 Å². The van der Waals surface area contributed by atoms with E-state index in [0.29, 0.717) is 25.3 Å². The number of aryl methyl sites for hydroxylation is 1. The number of carbonyl (C=O) groups is 2. The van der Waals surface area contributed by atoms with Crippen LogP contribution in [0.25, 0.3) is 10.8 Å². The molecule has 0 fully saturated rings. The molecule has 2 N–H and O–H groups in total. The second-order valence-electron chi connectivity index (χ2n) is 6.94. The van der Waals surface area contributed by atoms with Crippen LogP contribution in [0.5, 0.6) is 5.75 Å². The smallest absolute Gasteiger partial charge is 0.251 e. The Morgan fingerprint density at radius 3 is 2.52 bits per heavy atom. The molecule has 0 saturated carbocycles. The van der Waals surface area contributed by atoms with Gasteiger partial charge in [0.25, 0.3) is 5.91 Å². The lowest BCUT2D eigenvalue weighted by atomic mass is 10.1. The maximum atomic E-state index is 12.3. The molecule has 2 amide bonds. The van der Waals surface area contributed by atoms with Gasteiger partial charge in [0.05, 0.1) is 6.61 Å². The Morgan fingerprint density at radius 2 is 1.69 bits per heavy atom. The van der Waals surface area contributed by atoms with Gasteiger partial charge < -0.3 is 15.4 Å². The quantitative estimate of drug-likeness (QED) is 0.545. The topological polar surface area (TPSA) is 67.4 Å². The van der Waals surface area contributed by atoms with Gasteiger partial charge in [-0.15, -0.1) is 0 Å². The van der Waals surface area contributed by atoms with Crippen molar-refractivity contribution in [2.45, 2.75) is 19.8 Å². The van der Waals surface area contributed by atoms with Gasteiger partial charge in [-0.3, -0.25) is 9.59 Å². The third kappa shape index (κ3) is 6.35. The summed E-state index contributed by atoms with van der Waals surface area (Å²) in [4.78, 5) is 24.2. The van der Waals surface area contributed by atoms with Gasteiger partial charge >= 0.3 is 0 Å². The summed E-state index contributed by atoms with van der Waals surface area (Å²) in [6, 6.07) is 21.4. The van der Waals surface area contributed by atoms with Crippen LogP contribution in [0.1, 0.15) is 28.8 Å². The van der Waals surface area contributed by atoms with Crippen molar-refractivity contribution in [2.75, 3.05) is 19.7 Å². The van der Waals surface area contributed by atoms with E-state index in [-0.39, 0.29) is 18.2 Å². The Morgan fingerprint density at radius 1 is 0.862 bits per heavy atom. The van der Waals surface area contributed by atoms with Gasteiger partial charge in [0.15, 0.2) is 0 Å². The summed E-state index contributed by atoms with van der Waals surface area (Å²) >= 11 is 0. The van der Waals surface area contributed by atoms with Gasteiger partial charge in [0.1, 0.15) is 5.75 Å². The van der Waals surface area contributed by atoms with Crippen LogP contribution < -0.4 is 15.4 Å². The lowest BCUT2D eigenvalue weighted by molar-refractivity contribution is -0.120. The second-order valence-corrected chi connectivity index (χ2v) is 6.94. The summed E-state index contributed by atoms with van der Waals surface area (Å²) in [6.07, 6.45) is 0.973. The molecule has 29 heavy (non-hydrogen) atoms. The Bertz CT molecular complexity index is 985. The van der Waals surface area contributed by atoms with Crippen molar-refractivity contribution >= 4 is 22.6 Å². The van der Waals surface area contributed by atoms with Crippen LogP contribution in [0.15, 0.2) is 66.7 Å². The van der Waals surface area contributed by atoms with Gasteiger partial charge in [-0.05, 0) is 53.9 Å². The molecular weight excluding hydrogens is 364 g/mol. The first-order valence-corrected chi connectivity index (χ1v) is 9.85. The molecule has 0 heterocycles. The first-order chi connectivity index (χ1) is 14.1. The maximum Gasteiger partial charge on any atom is 0.251 e. The highest BCUT2D eigenvalue weighted by Crippen LogP contribution is 2.15. The van der Waals surface area contributed by atoms with Crippen LogP contribution in [0.3, 0.4) is 0 Å². The number of rotatable bonds is 9. The first kappa shape index (κ1) is 20.4. The number of nitrogens with one attached hydrogen (secondary N) is 2. The largest absolute Gasteiger partial charge is 0.494 e. The van der Waals surface area contributed by atoms with Gasteiger partial charge in [0.2, 0.25) is 5.91 Å². The van der Waals surface area contributed by atoms with Crippen molar-refractivity contribution in [1.82, 2.24) is 10.6 Å². The zero-order valence-corrected chi connectivity index (χ0v) is 16.6. The zero-order chi connectivity index (χ0) is 20.5. The van der Waals surface area contributed by atoms with Crippen LogP contribution >= 0.6 is 0 Å². The van der Waals surface area contributed by atoms with Gasteiger partial charge in [-0.25, -0.2) is 0 Å². The van der Waals surface area contributed by atoms with E-state index in [1.165, 1.54) is 0 Å². The van der Waals surface area contributed by atoms with Crippen molar-refractivity contribution in [3.05, 3.63) is 77.9 Å². The average molecular weight is 390 g/mol. The van der Waals surface area contributed by atoms with Crippen LogP contribution in [-0.4, -0.2) is 31.5 Å². The highest BCUT2D eigenvalue weighted by Gasteiger charge is 2.07. The molecule has 0 unspecified atom stereocenters. The summed E-state index contributed by atoms with van der Waals surface area (Å²) in [5, 5.41) is 7.76. The molecule has 0 atom stereocenters. The van der Waals surface area contributed by atoms with Crippen LogP contribution in [-0.2, 0) is 4.79 Å². The Hall–Kier alpha value is -3.34. The highest BCUT2D eigenvalue weighted by atomic mass is 16.5. The first-order valence-electron chi connectivity index (χ1n) is 9.85. The van der Waals surface area contributed by atoms with Crippen molar-refractivity contribution in [1.29, 1.82) is 0 Å². The molecule has 0 aromatic heterocycles. The third-order valence-corrected chi connectivity index (χ3v) is 4.55. The highest BCUT2D eigenvalue weighted by molar-refractivity contribution is 5.98. The van der Waals surface area contributed by atoms with E-state index >= 15 is 0 Å². The van der Waals surface area contributed by atoms with E-state index in [0.717, 1.165) is 28.5 Å². The minimum atomic E-state index is -0.171. The lowest BCUT2D eigenvalue weighted by Gasteiger charge is -2.09. The van der Waals surface area contributed by atoms with Crippen LogP contribution in [0, 0.1) is 6.92 Å². The van der Waals surface area contributed by atoms with Crippen molar-refractivity contribution in [3.8, 4) is 5.75 Å². The zero-order valence-electron chi connectivity index (χ0n) is 16.6. The molecule has 0 radical (unpaired) electrons. The summed E-state index contributed by atoms with van der Waals surface area (Å²) in [5.41, 5.74) is 1.75. The standard InChI is InChI=1S/C24H26N2O3/c1-18-6-4-9-22(16-18)29-15-5-13-25-23(27)12-14-26-24(28)21-11-10-19-7-2-3-8-20(19)17-21/h2-4,6-11,16-17H,5,12-15H2,1H3,(H,25,27)(H,26,28). The molecule has 0 aliphatic carbocycles. The van der Waals surface area contributed by atoms with Crippen molar-refractivity contribution in [3.63, 3.8) is 0 Å². The molecular formula is C24H26N2O3. The second kappa shape index (κ2) is 10.3. The van der Waals surface area contributed by atoms with Gasteiger partial charge in [-0.2, -0.15) is 0 Å². The molecule has 0 saturated heterocycles. The normalized spacial score (nSPS) is 10.5. The number of hydrogen-bond acceptors (Lipinski definition) is 3. The molecule has 3 rings (SSSR count). The molecule has 5 nitrogen and oxygen atoms in total. The number of benzene rings is 3. The molecule has 3 aromatic carbocycles. The van der Waals surface area contributed by atoms with E-state index in [1.54, 1.807) is 6.07 Å². The minimum absolute atomic E-state index is 0.0839. The Balaban J connectivity index is 1.31. The molecule has 150 valence electrons. The molecule has 0 aliphatic heterocycles. The van der Waals surface area contributed by atoms with Gasteiger partial charge in [0, 0.05) is 25.1 Å². The molecule has 5 heteroatoms. The molecule has 0 spiro atoms. The van der Waals surface area contributed by atoms with E-state index in [9.17, 15) is 9.59 Å². The Kier molecular flexibility index (Phi) is 7.22. The fourth-order valence-corrected chi connectivity index (χ4v) is 3.01. The van der Waals surface area contributed by atoms with E-state index in [4.69, 9.17) is 4.74 Å². The fourth-order valence-electron chi connectivity index (χ4n) is 3.01. The molecule has 3 aromatic rings. The van der Waals surface area contributed by atoms with Crippen molar-refractivity contribution < 1.29 is 14.3 Å². The van der Waals surface area contributed by atoms with E-state index < -0.39 is 0 Å². The summed E-state index contributed by atoms with van der Waals surface area (Å²) in [5.74, 6) is 0.585. The monoisotopic (exact) mass is 390 g/mol. The predicted octanol–water partition coefficient (Wildman–Crippen LogP) is 3.85. The summed E-state index contributed by atoms with van der Waals surface area (Å²) in [7, 11) is 0.